The Kier molecular flexibility index (Phi) is 4.35. The Hall–Kier alpha value is -0.610. The molecule has 1 amide bonds. The van der Waals surface area contributed by atoms with Crippen LogP contribution in [0.25, 0.3) is 0 Å². The third kappa shape index (κ3) is 2.96. The van der Waals surface area contributed by atoms with Crippen molar-refractivity contribution in [2.75, 3.05) is 13.2 Å². The van der Waals surface area contributed by atoms with E-state index in [0.29, 0.717) is 19.1 Å². The molecular formula is C10H20N2O2. The number of rotatable bonds is 5. The topological polar surface area (TPSA) is 78.3 Å². The first kappa shape index (κ1) is 11.5. The van der Waals surface area contributed by atoms with Crippen LogP contribution in [0.1, 0.15) is 26.2 Å². The first-order chi connectivity index (χ1) is 6.65. The molecule has 3 atom stereocenters. The number of hydrogen-bond donors (Lipinski definition) is 2. The fraction of sp³-hybridized carbons (Fsp3) is 0.900. The van der Waals surface area contributed by atoms with E-state index in [-0.39, 0.29) is 17.9 Å². The molecule has 1 saturated carbocycles. The lowest BCUT2D eigenvalue weighted by molar-refractivity contribution is -0.124. The van der Waals surface area contributed by atoms with Crippen LogP contribution in [-0.4, -0.2) is 25.2 Å². The van der Waals surface area contributed by atoms with Gasteiger partial charge in [-0.05, 0) is 25.3 Å². The highest BCUT2D eigenvalue weighted by molar-refractivity contribution is 5.76. The molecule has 0 radical (unpaired) electrons. The van der Waals surface area contributed by atoms with Gasteiger partial charge in [-0.3, -0.25) is 4.79 Å². The third-order valence-corrected chi connectivity index (χ3v) is 2.94. The van der Waals surface area contributed by atoms with Crippen molar-refractivity contribution in [2.45, 2.75) is 32.3 Å². The fourth-order valence-corrected chi connectivity index (χ4v) is 1.84. The van der Waals surface area contributed by atoms with E-state index in [2.05, 4.69) is 0 Å². The van der Waals surface area contributed by atoms with Crippen LogP contribution in [0.15, 0.2) is 0 Å². The number of ether oxygens (including phenoxy) is 1. The van der Waals surface area contributed by atoms with Gasteiger partial charge in [0, 0.05) is 0 Å². The Morgan fingerprint density at radius 3 is 2.86 bits per heavy atom. The van der Waals surface area contributed by atoms with E-state index >= 15 is 0 Å². The van der Waals surface area contributed by atoms with Crippen LogP contribution in [0.2, 0.25) is 0 Å². The van der Waals surface area contributed by atoms with Gasteiger partial charge in [-0.1, -0.05) is 13.3 Å². The second-order valence-corrected chi connectivity index (χ2v) is 4.10. The first-order valence-electron chi connectivity index (χ1n) is 5.26. The SMILES string of the molecule is CC(COC1CCCC1CN)C(N)=O. The van der Waals surface area contributed by atoms with Gasteiger partial charge in [0.15, 0.2) is 0 Å². The summed E-state index contributed by atoms with van der Waals surface area (Å²) >= 11 is 0. The Labute approximate surface area is 85.0 Å². The van der Waals surface area contributed by atoms with Gasteiger partial charge < -0.3 is 16.2 Å². The highest BCUT2D eigenvalue weighted by Crippen LogP contribution is 2.27. The summed E-state index contributed by atoms with van der Waals surface area (Å²) in [6.45, 7) is 2.89. The standard InChI is InChI=1S/C10H20N2O2/c1-7(10(12)13)6-14-9-4-2-3-8(9)5-11/h7-9H,2-6,11H2,1H3,(H2,12,13). The maximum Gasteiger partial charge on any atom is 0.222 e. The quantitative estimate of drug-likeness (QED) is 0.667. The van der Waals surface area contributed by atoms with Crippen molar-refractivity contribution in [3.8, 4) is 0 Å². The van der Waals surface area contributed by atoms with Gasteiger partial charge in [0.05, 0.1) is 18.6 Å². The van der Waals surface area contributed by atoms with Crippen LogP contribution < -0.4 is 11.5 Å². The molecule has 1 rings (SSSR count). The van der Waals surface area contributed by atoms with E-state index in [0.717, 1.165) is 12.8 Å². The molecular weight excluding hydrogens is 180 g/mol. The average Bonchev–Trinajstić information content (AvgIpc) is 2.60. The molecule has 0 aromatic carbocycles. The summed E-state index contributed by atoms with van der Waals surface area (Å²) in [4.78, 5) is 10.8. The van der Waals surface area contributed by atoms with E-state index in [1.165, 1.54) is 6.42 Å². The summed E-state index contributed by atoms with van der Waals surface area (Å²) < 4.78 is 5.65. The van der Waals surface area contributed by atoms with Crippen LogP contribution in [0.3, 0.4) is 0 Å². The highest BCUT2D eigenvalue weighted by Gasteiger charge is 2.27. The fourth-order valence-electron chi connectivity index (χ4n) is 1.84. The molecule has 1 fully saturated rings. The van der Waals surface area contributed by atoms with Gasteiger partial charge in [0.1, 0.15) is 0 Å². The molecule has 0 bridgehead atoms. The van der Waals surface area contributed by atoms with Crippen LogP contribution in [0, 0.1) is 11.8 Å². The van der Waals surface area contributed by atoms with Crippen LogP contribution in [0.5, 0.6) is 0 Å². The van der Waals surface area contributed by atoms with Gasteiger partial charge in [0.25, 0.3) is 0 Å². The minimum atomic E-state index is -0.299. The summed E-state index contributed by atoms with van der Waals surface area (Å²) in [7, 11) is 0. The lowest BCUT2D eigenvalue weighted by Crippen LogP contribution is -2.30. The lowest BCUT2D eigenvalue weighted by atomic mass is 10.1. The zero-order chi connectivity index (χ0) is 10.6. The summed E-state index contributed by atoms with van der Waals surface area (Å²) in [5.74, 6) is -0.0311. The molecule has 4 nitrogen and oxygen atoms in total. The maximum absolute atomic E-state index is 10.8. The molecule has 4 heteroatoms. The minimum Gasteiger partial charge on any atom is -0.377 e. The molecule has 1 aliphatic carbocycles. The highest BCUT2D eigenvalue weighted by atomic mass is 16.5. The third-order valence-electron chi connectivity index (χ3n) is 2.94. The van der Waals surface area contributed by atoms with Crippen LogP contribution in [-0.2, 0) is 9.53 Å². The average molecular weight is 200 g/mol. The van der Waals surface area contributed by atoms with E-state index in [9.17, 15) is 4.79 Å². The van der Waals surface area contributed by atoms with Gasteiger partial charge in [0.2, 0.25) is 5.91 Å². The molecule has 0 aromatic rings. The van der Waals surface area contributed by atoms with E-state index in [4.69, 9.17) is 16.2 Å². The van der Waals surface area contributed by atoms with Gasteiger partial charge in [-0.2, -0.15) is 0 Å². The van der Waals surface area contributed by atoms with Crippen molar-refractivity contribution in [2.24, 2.45) is 23.3 Å². The maximum atomic E-state index is 10.8. The number of carbonyl (C=O) groups excluding carboxylic acids is 1. The second-order valence-electron chi connectivity index (χ2n) is 4.10. The van der Waals surface area contributed by atoms with Crippen molar-refractivity contribution >= 4 is 5.91 Å². The number of carbonyl (C=O) groups is 1. The van der Waals surface area contributed by atoms with Crippen molar-refractivity contribution < 1.29 is 9.53 Å². The predicted octanol–water partition coefficient (Wildman–Crippen LogP) is 0.252. The Balaban J connectivity index is 2.26. The molecule has 82 valence electrons. The Bertz CT molecular complexity index is 197. The summed E-state index contributed by atoms with van der Waals surface area (Å²) in [6, 6.07) is 0. The first-order valence-corrected chi connectivity index (χ1v) is 5.26. The van der Waals surface area contributed by atoms with Crippen LogP contribution >= 0.6 is 0 Å². The number of nitrogens with two attached hydrogens (primary N) is 2. The minimum absolute atomic E-state index is 0.200. The molecule has 14 heavy (non-hydrogen) atoms. The van der Waals surface area contributed by atoms with Crippen molar-refractivity contribution in [3.63, 3.8) is 0 Å². The molecule has 1 aliphatic rings. The summed E-state index contributed by atoms with van der Waals surface area (Å²) in [6.07, 6.45) is 3.62. The van der Waals surface area contributed by atoms with Crippen LogP contribution in [0.4, 0.5) is 0 Å². The van der Waals surface area contributed by atoms with E-state index in [1.807, 2.05) is 0 Å². The molecule has 0 heterocycles. The van der Waals surface area contributed by atoms with Crippen molar-refractivity contribution in [1.29, 1.82) is 0 Å². The van der Waals surface area contributed by atoms with E-state index < -0.39 is 0 Å². The molecule has 3 unspecified atom stereocenters. The normalized spacial score (nSPS) is 29.0. The molecule has 0 spiro atoms. The van der Waals surface area contributed by atoms with Crippen molar-refractivity contribution in [3.05, 3.63) is 0 Å². The monoisotopic (exact) mass is 200 g/mol. The van der Waals surface area contributed by atoms with Gasteiger partial charge in [-0.25, -0.2) is 0 Å². The smallest absolute Gasteiger partial charge is 0.222 e. The van der Waals surface area contributed by atoms with Crippen molar-refractivity contribution in [1.82, 2.24) is 0 Å². The molecule has 0 saturated heterocycles. The summed E-state index contributed by atoms with van der Waals surface area (Å²) in [5.41, 5.74) is 10.8. The Morgan fingerprint density at radius 1 is 1.57 bits per heavy atom. The zero-order valence-electron chi connectivity index (χ0n) is 8.74. The summed E-state index contributed by atoms with van der Waals surface area (Å²) in [5, 5.41) is 0. The lowest BCUT2D eigenvalue weighted by Gasteiger charge is -2.20. The molecule has 0 aliphatic heterocycles. The number of amides is 1. The van der Waals surface area contributed by atoms with Gasteiger partial charge >= 0.3 is 0 Å². The zero-order valence-corrected chi connectivity index (χ0v) is 8.74. The largest absolute Gasteiger partial charge is 0.377 e. The van der Waals surface area contributed by atoms with Gasteiger partial charge in [-0.15, -0.1) is 0 Å². The molecule has 4 N–H and O–H groups in total. The molecule has 0 aromatic heterocycles. The van der Waals surface area contributed by atoms with E-state index in [1.54, 1.807) is 6.92 Å². The number of hydrogen-bond acceptors (Lipinski definition) is 3. The predicted molar refractivity (Wildman–Crippen MR) is 54.5 cm³/mol. The second kappa shape index (κ2) is 5.32. The number of primary amides is 1. The Morgan fingerprint density at radius 2 is 2.29 bits per heavy atom.